The highest BCUT2D eigenvalue weighted by Crippen LogP contribution is 2.27. The van der Waals surface area contributed by atoms with Crippen molar-refractivity contribution in [1.82, 2.24) is 20.4 Å². The molecule has 1 saturated heterocycles. The fourth-order valence-corrected chi connectivity index (χ4v) is 3.49. The zero-order valence-electron chi connectivity index (χ0n) is 15.7. The number of nitrogens with one attached hydrogen (secondary N) is 2. The van der Waals surface area contributed by atoms with E-state index < -0.39 is 0 Å². The summed E-state index contributed by atoms with van der Waals surface area (Å²) >= 11 is 0. The average Bonchev–Trinajstić information content (AvgIpc) is 3.44. The summed E-state index contributed by atoms with van der Waals surface area (Å²) in [5, 5.41) is 21.2. The lowest BCUT2D eigenvalue weighted by Crippen LogP contribution is -2.39. The van der Waals surface area contributed by atoms with Crippen LogP contribution >= 0.6 is 0 Å². The molecule has 1 aliphatic heterocycles. The second kappa shape index (κ2) is 8.17. The van der Waals surface area contributed by atoms with Gasteiger partial charge >= 0.3 is 0 Å². The normalized spacial score (nSPS) is 14.7. The van der Waals surface area contributed by atoms with Crippen molar-refractivity contribution in [2.75, 3.05) is 13.1 Å². The molecule has 3 aromatic rings. The van der Waals surface area contributed by atoms with Crippen molar-refractivity contribution in [3.05, 3.63) is 76.9 Å². The third-order valence-corrected chi connectivity index (χ3v) is 5.08. The molecule has 29 heavy (non-hydrogen) atoms. The Bertz CT molecular complexity index is 990. The number of nitrogens with zero attached hydrogens (tertiary/aromatic N) is 3. The summed E-state index contributed by atoms with van der Waals surface area (Å²) in [7, 11) is 0. The average molecular weight is 395 g/mol. The van der Waals surface area contributed by atoms with Crippen molar-refractivity contribution in [2.24, 2.45) is 0 Å². The van der Waals surface area contributed by atoms with Gasteiger partial charge in [0.2, 0.25) is 0 Å². The Labute approximate surface area is 166 Å². The minimum Gasteiger partial charge on any atom is -0.619 e. The Morgan fingerprint density at radius 1 is 1.31 bits per heavy atom. The van der Waals surface area contributed by atoms with Gasteiger partial charge in [0.15, 0.2) is 12.4 Å². The molecule has 0 saturated carbocycles. The topological polar surface area (TPSA) is 118 Å². The van der Waals surface area contributed by atoms with E-state index in [-0.39, 0.29) is 17.7 Å². The maximum atomic E-state index is 12.6. The van der Waals surface area contributed by atoms with E-state index in [0.717, 1.165) is 18.5 Å². The number of likely N-dealkylation sites (tertiary alicyclic amines) is 1. The van der Waals surface area contributed by atoms with E-state index in [4.69, 9.17) is 4.42 Å². The van der Waals surface area contributed by atoms with Crippen LogP contribution in [-0.4, -0.2) is 40.0 Å². The molecule has 0 aliphatic carbocycles. The molecule has 2 amide bonds. The van der Waals surface area contributed by atoms with E-state index in [9.17, 15) is 14.8 Å². The predicted molar refractivity (Wildman–Crippen MR) is 102 cm³/mol. The van der Waals surface area contributed by atoms with Gasteiger partial charge in [-0.3, -0.25) is 14.7 Å². The van der Waals surface area contributed by atoms with E-state index in [2.05, 4.69) is 15.5 Å². The summed E-state index contributed by atoms with van der Waals surface area (Å²) in [6.07, 6.45) is 5.71. The number of pyridine rings is 1. The van der Waals surface area contributed by atoms with Gasteiger partial charge in [-0.2, -0.15) is 9.83 Å². The lowest BCUT2D eigenvalue weighted by Gasteiger charge is -2.31. The second-order valence-corrected chi connectivity index (χ2v) is 6.99. The van der Waals surface area contributed by atoms with Crippen LogP contribution in [0.2, 0.25) is 0 Å². The summed E-state index contributed by atoms with van der Waals surface area (Å²) in [4.78, 5) is 26.5. The van der Waals surface area contributed by atoms with Crippen LogP contribution in [0.15, 0.2) is 53.4 Å². The van der Waals surface area contributed by atoms with Crippen molar-refractivity contribution >= 4 is 11.8 Å². The van der Waals surface area contributed by atoms with E-state index >= 15 is 0 Å². The highest BCUT2D eigenvalue weighted by molar-refractivity contribution is 5.93. The van der Waals surface area contributed by atoms with E-state index in [0.29, 0.717) is 41.4 Å². The lowest BCUT2D eigenvalue weighted by molar-refractivity contribution is -0.605. The van der Waals surface area contributed by atoms with Crippen LogP contribution in [0.5, 0.6) is 0 Å². The standard InChI is InChI=1S/C20H21N5O4/c26-19(21-12-16-4-2-10-29-16)18-11-17(22-23-18)14-5-8-24(9-6-14)20(27)15-3-1-7-25(28)13-15/h1-4,7,10-11,13-14H,5-6,8-9,12H2,(H,21,26)(H,22,23). The first kappa shape index (κ1) is 18.7. The first-order chi connectivity index (χ1) is 14.1. The molecule has 150 valence electrons. The molecule has 0 radical (unpaired) electrons. The Balaban J connectivity index is 1.32. The molecular formula is C20H21N5O4. The molecule has 0 spiro atoms. The van der Waals surface area contributed by atoms with Gasteiger partial charge in [-0.15, -0.1) is 0 Å². The predicted octanol–water partition coefficient (Wildman–Crippen LogP) is 1.59. The molecule has 0 unspecified atom stereocenters. The van der Waals surface area contributed by atoms with Crippen LogP contribution in [-0.2, 0) is 6.54 Å². The molecular weight excluding hydrogens is 374 g/mol. The molecule has 1 aliphatic rings. The number of furan rings is 1. The summed E-state index contributed by atoms with van der Waals surface area (Å²) < 4.78 is 5.82. The molecule has 0 atom stereocenters. The van der Waals surface area contributed by atoms with Gasteiger partial charge < -0.3 is 19.8 Å². The van der Waals surface area contributed by atoms with Crippen molar-refractivity contribution < 1.29 is 18.7 Å². The molecule has 3 aromatic heterocycles. The zero-order chi connectivity index (χ0) is 20.2. The SMILES string of the molecule is O=C(NCc1ccco1)c1cc(C2CCN(C(=O)c3ccc[n+]([O-])c3)CC2)[nH]n1. The molecule has 0 bridgehead atoms. The Morgan fingerprint density at radius 3 is 2.86 bits per heavy atom. The molecule has 9 heteroatoms. The monoisotopic (exact) mass is 395 g/mol. The highest BCUT2D eigenvalue weighted by Gasteiger charge is 2.27. The van der Waals surface area contributed by atoms with Crippen LogP contribution in [0.3, 0.4) is 0 Å². The van der Waals surface area contributed by atoms with Crippen LogP contribution in [0.4, 0.5) is 0 Å². The van der Waals surface area contributed by atoms with Gasteiger partial charge in [0.25, 0.3) is 11.8 Å². The van der Waals surface area contributed by atoms with Crippen LogP contribution < -0.4 is 10.0 Å². The number of aromatic nitrogens is 3. The van der Waals surface area contributed by atoms with Crippen LogP contribution in [0, 0.1) is 5.21 Å². The highest BCUT2D eigenvalue weighted by atomic mass is 16.5. The Morgan fingerprint density at radius 2 is 2.14 bits per heavy atom. The summed E-state index contributed by atoms with van der Waals surface area (Å²) in [6, 6.07) is 8.53. The number of rotatable bonds is 5. The van der Waals surface area contributed by atoms with Crippen molar-refractivity contribution in [2.45, 2.75) is 25.3 Å². The Hall–Kier alpha value is -3.62. The molecule has 4 rings (SSSR count). The van der Waals surface area contributed by atoms with Crippen molar-refractivity contribution in [1.29, 1.82) is 0 Å². The summed E-state index contributed by atoms with van der Waals surface area (Å²) in [6.45, 7) is 1.46. The third-order valence-electron chi connectivity index (χ3n) is 5.08. The first-order valence-corrected chi connectivity index (χ1v) is 9.44. The fourth-order valence-electron chi connectivity index (χ4n) is 3.49. The minimum atomic E-state index is -0.272. The zero-order valence-corrected chi connectivity index (χ0v) is 15.7. The second-order valence-electron chi connectivity index (χ2n) is 6.99. The Kier molecular flexibility index (Phi) is 5.28. The maximum Gasteiger partial charge on any atom is 0.272 e. The molecule has 4 heterocycles. The largest absolute Gasteiger partial charge is 0.619 e. The van der Waals surface area contributed by atoms with Gasteiger partial charge in [0.1, 0.15) is 17.0 Å². The number of piperidine rings is 1. The number of H-pyrrole nitrogens is 1. The van der Waals surface area contributed by atoms with E-state index in [1.54, 1.807) is 41.5 Å². The van der Waals surface area contributed by atoms with E-state index in [1.165, 1.54) is 12.4 Å². The smallest absolute Gasteiger partial charge is 0.272 e. The van der Waals surface area contributed by atoms with Gasteiger partial charge in [0, 0.05) is 30.8 Å². The minimum absolute atomic E-state index is 0.142. The first-order valence-electron chi connectivity index (χ1n) is 9.44. The quantitative estimate of drug-likeness (QED) is 0.502. The number of carbonyl (C=O) groups is 2. The summed E-state index contributed by atoms with van der Waals surface area (Å²) in [5.41, 5.74) is 1.60. The van der Waals surface area contributed by atoms with Gasteiger partial charge in [0.05, 0.1) is 12.8 Å². The van der Waals surface area contributed by atoms with Crippen LogP contribution in [0.1, 0.15) is 51.1 Å². The maximum absolute atomic E-state index is 12.6. The molecule has 9 nitrogen and oxygen atoms in total. The van der Waals surface area contributed by atoms with E-state index in [1.807, 2.05) is 0 Å². The molecule has 2 N–H and O–H groups in total. The fraction of sp³-hybridized carbons (Fsp3) is 0.300. The number of hydrogen-bond donors (Lipinski definition) is 2. The van der Waals surface area contributed by atoms with Crippen molar-refractivity contribution in [3.63, 3.8) is 0 Å². The van der Waals surface area contributed by atoms with Gasteiger partial charge in [-0.05, 0) is 37.1 Å². The number of hydrogen-bond acceptors (Lipinski definition) is 5. The van der Waals surface area contributed by atoms with Gasteiger partial charge in [-0.25, -0.2) is 0 Å². The molecule has 1 fully saturated rings. The lowest BCUT2D eigenvalue weighted by atomic mass is 9.93. The van der Waals surface area contributed by atoms with Crippen LogP contribution in [0.25, 0.3) is 0 Å². The van der Waals surface area contributed by atoms with Crippen molar-refractivity contribution in [3.8, 4) is 0 Å². The third kappa shape index (κ3) is 4.29. The number of carbonyl (C=O) groups excluding carboxylic acids is 2. The summed E-state index contributed by atoms with van der Waals surface area (Å²) in [5.74, 6) is 0.452. The number of aromatic amines is 1. The van der Waals surface area contributed by atoms with Gasteiger partial charge in [-0.1, -0.05) is 0 Å². The number of amides is 2. The molecule has 0 aromatic carbocycles.